The highest BCUT2D eigenvalue weighted by atomic mass is 32.1. The van der Waals surface area contributed by atoms with Gasteiger partial charge in [0.25, 0.3) is 0 Å². The number of nitrogens with two attached hydrogens (primary N) is 1. The molecule has 0 aliphatic rings. The third-order valence-corrected chi connectivity index (χ3v) is 4.09. The van der Waals surface area contributed by atoms with E-state index in [1.54, 1.807) is 18.4 Å². The lowest BCUT2D eigenvalue weighted by atomic mass is 10.0. The predicted molar refractivity (Wildman–Crippen MR) is 75.8 cm³/mol. The molecular formula is C14H18N2OS. The molecule has 2 aromatic rings. The predicted octanol–water partition coefficient (Wildman–Crippen LogP) is 2.81. The molecular weight excluding hydrogens is 244 g/mol. The molecule has 1 aromatic carbocycles. The van der Waals surface area contributed by atoms with Gasteiger partial charge in [0.1, 0.15) is 5.75 Å². The van der Waals surface area contributed by atoms with E-state index >= 15 is 0 Å². The van der Waals surface area contributed by atoms with Crippen LogP contribution in [0.4, 0.5) is 0 Å². The summed E-state index contributed by atoms with van der Waals surface area (Å²) in [6.45, 7) is 2.12. The molecule has 0 amide bonds. The van der Waals surface area contributed by atoms with Gasteiger partial charge >= 0.3 is 0 Å². The zero-order valence-electron chi connectivity index (χ0n) is 10.6. The van der Waals surface area contributed by atoms with Gasteiger partial charge in [0.2, 0.25) is 0 Å². The van der Waals surface area contributed by atoms with Crippen LogP contribution in [0.2, 0.25) is 0 Å². The standard InChI is InChI=1S/C14H18N2OS/c1-10-5-3-4-6-11(10)7-13(16-15)14-8-12(17-2)9-18-14/h3-6,8-9,13,16H,7,15H2,1-2H3. The zero-order chi connectivity index (χ0) is 13.0. The summed E-state index contributed by atoms with van der Waals surface area (Å²) in [7, 11) is 1.68. The van der Waals surface area contributed by atoms with Crippen molar-refractivity contribution in [2.24, 2.45) is 5.84 Å². The Balaban J connectivity index is 2.17. The Bertz CT molecular complexity index is 510. The average molecular weight is 262 g/mol. The summed E-state index contributed by atoms with van der Waals surface area (Å²) in [5.41, 5.74) is 5.49. The molecule has 18 heavy (non-hydrogen) atoms. The fourth-order valence-corrected chi connectivity index (χ4v) is 2.84. The number of ether oxygens (including phenoxy) is 1. The van der Waals surface area contributed by atoms with Crippen LogP contribution in [0.25, 0.3) is 0 Å². The number of rotatable bonds is 5. The molecule has 0 bridgehead atoms. The maximum atomic E-state index is 5.67. The molecule has 2 rings (SSSR count). The number of methoxy groups -OCH3 is 1. The van der Waals surface area contributed by atoms with Gasteiger partial charge in [0.05, 0.1) is 13.2 Å². The first kappa shape index (κ1) is 13.1. The lowest BCUT2D eigenvalue weighted by Crippen LogP contribution is -2.29. The van der Waals surface area contributed by atoms with Crippen molar-refractivity contribution in [3.05, 3.63) is 51.7 Å². The highest BCUT2D eigenvalue weighted by Gasteiger charge is 2.14. The van der Waals surface area contributed by atoms with Crippen LogP contribution >= 0.6 is 11.3 Å². The van der Waals surface area contributed by atoms with E-state index in [-0.39, 0.29) is 6.04 Å². The second-order valence-electron chi connectivity index (χ2n) is 4.24. The molecule has 0 saturated carbocycles. The van der Waals surface area contributed by atoms with Crippen molar-refractivity contribution < 1.29 is 4.74 Å². The van der Waals surface area contributed by atoms with Gasteiger partial charge in [-0.15, -0.1) is 11.3 Å². The number of hydrogen-bond acceptors (Lipinski definition) is 4. The quantitative estimate of drug-likeness (QED) is 0.643. The number of benzene rings is 1. The summed E-state index contributed by atoms with van der Waals surface area (Å²) < 4.78 is 5.21. The number of aryl methyl sites for hydroxylation is 1. The van der Waals surface area contributed by atoms with Gasteiger partial charge in [0.15, 0.2) is 0 Å². The van der Waals surface area contributed by atoms with Crippen LogP contribution in [0, 0.1) is 6.92 Å². The first-order chi connectivity index (χ1) is 8.74. The SMILES string of the molecule is COc1csc(C(Cc2ccccc2C)NN)c1. The molecule has 0 spiro atoms. The van der Waals surface area contributed by atoms with E-state index in [4.69, 9.17) is 10.6 Å². The van der Waals surface area contributed by atoms with Crippen LogP contribution < -0.4 is 16.0 Å². The Labute approximate surface area is 112 Å². The molecule has 1 unspecified atom stereocenters. The fraction of sp³-hybridized carbons (Fsp3) is 0.286. The third kappa shape index (κ3) is 2.90. The Morgan fingerprint density at radius 1 is 1.39 bits per heavy atom. The molecule has 4 heteroatoms. The van der Waals surface area contributed by atoms with Crippen LogP contribution in [0.1, 0.15) is 22.0 Å². The first-order valence-electron chi connectivity index (χ1n) is 5.87. The summed E-state index contributed by atoms with van der Waals surface area (Å²) in [4.78, 5) is 1.19. The summed E-state index contributed by atoms with van der Waals surface area (Å²) in [5, 5.41) is 2.00. The summed E-state index contributed by atoms with van der Waals surface area (Å²) >= 11 is 1.66. The van der Waals surface area contributed by atoms with E-state index in [0.717, 1.165) is 12.2 Å². The lowest BCUT2D eigenvalue weighted by Gasteiger charge is -2.15. The van der Waals surface area contributed by atoms with Crippen molar-refractivity contribution in [1.82, 2.24) is 5.43 Å². The molecule has 3 nitrogen and oxygen atoms in total. The monoisotopic (exact) mass is 262 g/mol. The van der Waals surface area contributed by atoms with Crippen LogP contribution in [0.15, 0.2) is 35.7 Å². The topological polar surface area (TPSA) is 47.3 Å². The van der Waals surface area contributed by atoms with Gasteiger partial charge in [-0.05, 0) is 30.5 Å². The van der Waals surface area contributed by atoms with E-state index in [1.165, 1.54) is 16.0 Å². The lowest BCUT2D eigenvalue weighted by molar-refractivity contribution is 0.415. The fourth-order valence-electron chi connectivity index (χ4n) is 1.92. The molecule has 1 aromatic heterocycles. The normalized spacial score (nSPS) is 12.4. The van der Waals surface area contributed by atoms with E-state index in [1.807, 2.05) is 11.4 Å². The van der Waals surface area contributed by atoms with E-state index in [2.05, 4.69) is 36.6 Å². The third-order valence-electron chi connectivity index (χ3n) is 3.06. The first-order valence-corrected chi connectivity index (χ1v) is 6.75. The smallest absolute Gasteiger partial charge is 0.129 e. The second-order valence-corrected chi connectivity index (χ2v) is 5.18. The van der Waals surface area contributed by atoms with Gasteiger partial charge in [-0.3, -0.25) is 11.3 Å². The molecule has 0 fully saturated rings. The highest BCUT2D eigenvalue weighted by molar-refractivity contribution is 7.10. The minimum absolute atomic E-state index is 0.125. The molecule has 96 valence electrons. The number of thiophene rings is 1. The summed E-state index contributed by atoms with van der Waals surface area (Å²) in [5.74, 6) is 6.56. The molecule has 0 aliphatic carbocycles. The van der Waals surface area contributed by atoms with Crippen LogP contribution in [0.5, 0.6) is 5.75 Å². The average Bonchev–Trinajstić information content (AvgIpc) is 2.86. The Morgan fingerprint density at radius 2 is 2.17 bits per heavy atom. The number of hydrogen-bond donors (Lipinski definition) is 2. The molecule has 0 saturated heterocycles. The van der Waals surface area contributed by atoms with E-state index in [9.17, 15) is 0 Å². The van der Waals surface area contributed by atoms with E-state index < -0.39 is 0 Å². The largest absolute Gasteiger partial charge is 0.496 e. The van der Waals surface area contributed by atoms with Crippen molar-refractivity contribution in [2.75, 3.05) is 7.11 Å². The van der Waals surface area contributed by atoms with Crippen molar-refractivity contribution in [3.63, 3.8) is 0 Å². The van der Waals surface area contributed by atoms with Crippen molar-refractivity contribution >= 4 is 11.3 Å². The van der Waals surface area contributed by atoms with Crippen LogP contribution in [-0.4, -0.2) is 7.11 Å². The van der Waals surface area contributed by atoms with Crippen LogP contribution in [-0.2, 0) is 6.42 Å². The van der Waals surface area contributed by atoms with Crippen molar-refractivity contribution in [3.8, 4) is 5.75 Å². The maximum Gasteiger partial charge on any atom is 0.129 e. The van der Waals surface area contributed by atoms with Gasteiger partial charge < -0.3 is 4.74 Å². The Kier molecular flexibility index (Phi) is 4.36. The second kappa shape index (κ2) is 6.00. The summed E-state index contributed by atoms with van der Waals surface area (Å²) in [6.07, 6.45) is 0.882. The molecule has 3 N–H and O–H groups in total. The number of hydrazine groups is 1. The van der Waals surface area contributed by atoms with Crippen molar-refractivity contribution in [1.29, 1.82) is 0 Å². The molecule has 0 radical (unpaired) electrons. The van der Waals surface area contributed by atoms with Crippen molar-refractivity contribution in [2.45, 2.75) is 19.4 Å². The van der Waals surface area contributed by atoms with Gasteiger partial charge in [-0.1, -0.05) is 24.3 Å². The molecule has 1 atom stereocenters. The highest BCUT2D eigenvalue weighted by Crippen LogP contribution is 2.29. The van der Waals surface area contributed by atoms with E-state index in [0.29, 0.717) is 0 Å². The Hall–Kier alpha value is -1.36. The van der Waals surface area contributed by atoms with Gasteiger partial charge in [0, 0.05) is 10.3 Å². The molecule has 1 heterocycles. The summed E-state index contributed by atoms with van der Waals surface area (Å²) in [6, 6.07) is 10.5. The maximum absolute atomic E-state index is 5.67. The zero-order valence-corrected chi connectivity index (χ0v) is 11.5. The van der Waals surface area contributed by atoms with Gasteiger partial charge in [-0.2, -0.15) is 0 Å². The number of nitrogens with one attached hydrogen (secondary N) is 1. The molecule has 0 aliphatic heterocycles. The minimum atomic E-state index is 0.125. The Morgan fingerprint density at radius 3 is 2.78 bits per heavy atom. The minimum Gasteiger partial charge on any atom is -0.496 e. The van der Waals surface area contributed by atoms with Gasteiger partial charge in [-0.25, -0.2) is 0 Å². The van der Waals surface area contributed by atoms with Crippen LogP contribution in [0.3, 0.4) is 0 Å².